The van der Waals surface area contributed by atoms with Gasteiger partial charge in [-0.25, -0.2) is 0 Å². The minimum Gasteiger partial charge on any atom is -0.351 e. The van der Waals surface area contributed by atoms with Gasteiger partial charge in [-0.05, 0) is 17.5 Å². The molecule has 0 atom stereocenters. The Hall–Kier alpha value is -1.86. The molecule has 2 aromatic rings. The number of pyridine rings is 1. The molecule has 0 saturated heterocycles. The molecule has 0 unspecified atom stereocenters. The third-order valence-corrected chi connectivity index (χ3v) is 2.78. The summed E-state index contributed by atoms with van der Waals surface area (Å²) >= 11 is 0. The van der Waals surface area contributed by atoms with E-state index in [2.05, 4.69) is 4.74 Å². The SMILES string of the molecule is NCc1cc2ccccc2n(COCC(F)(F)F)c1=O. The van der Waals surface area contributed by atoms with Gasteiger partial charge in [0.15, 0.2) is 0 Å². The second-order valence-corrected chi connectivity index (χ2v) is 4.26. The van der Waals surface area contributed by atoms with Crippen LogP contribution in [-0.4, -0.2) is 17.4 Å². The van der Waals surface area contributed by atoms with Crippen LogP contribution in [0.2, 0.25) is 0 Å². The number of para-hydroxylation sites is 1. The summed E-state index contributed by atoms with van der Waals surface area (Å²) in [7, 11) is 0. The zero-order chi connectivity index (χ0) is 14.8. The summed E-state index contributed by atoms with van der Waals surface area (Å²) in [4.78, 5) is 12.1. The molecule has 108 valence electrons. The summed E-state index contributed by atoms with van der Waals surface area (Å²) in [5, 5.41) is 0.725. The Morgan fingerprint density at radius 3 is 2.60 bits per heavy atom. The molecule has 0 bridgehead atoms. The number of hydrogen-bond donors (Lipinski definition) is 1. The van der Waals surface area contributed by atoms with Crippen molar-refractivity contribution in [3.63, 3.8) is 0 Å². The molecule has 0 aliphatic carbocycles. The van der Waals surface area contributed by atoms with Crippen molar-refractivity contribution in [3.8, 4) is 0 Å². The number of fused-ring (bicyclic) bond motifs is 1. The number of nitrogens with zero attached hydrogens (tertiary/aromatic N) is 1. The predicted octanol–water partition coefficient (Wildman–Crippen LogP) is 2.00. The molecule has 0 aliphatic heterocycles. The van der Waals surface area contributed by atoms with Gasteiger partial charge >= 0.3 is 6.18 Å². The molecule has 0 spiro atoms. The van der Waals surface area contributed by atoms with Gasteiger partial charge in [0.1, 0.15) is 13.3 Å². The summed E-state index contributed by atoms with van der Waals surface area (Å²) in [6, 6.07) is 8.51. The zero-order valence-electron chi connectivity index (χ0n) is 10.5. The lowest BCUT2D eigenvalue weighted by Crippen LogP contribution is -2.28. The Morgan fingerprint density at radius 1 is 1.25 bits per heavy atom. The number of aromatic nitrogens is 1. The normalized spacial score (nSPS) is 12.0. The second kappa shape index (κ2) is 5.64. The van der Waals surface area contributed by atoms with Crippen LogP contribution in [0.1, 0.15) is 5.56 Å². The second-order valence-electron chi connectivity index (χ2n) is 4.26. The smallest absolute Gasteiger partial charge is 0.351 e. The topological polar surface area (TPSA) is 57.2 Å². The van der Waals surface area contributed by atoms with Gasteiger partial charge in [0.05, 0.1) is 5.52 Å². The molecule has 20 heavy (non-hydrogen) atoms. The van der Waals surface area contributed by atoms with E-state index in [0.717, 1.165) is 9.95 Å². The average Bonchev–Trinajstić information content (AvgIpc) is 2.39. The number of benzene rings is 1. The maximum absolute atomic E-state index is 12.1. The molecule has 1 aromatic heterocycles. The maximum atomic E-state index is 12.1. The van der Waals surface area contributed by atoms with E-state index in [1.165, 1.54) is 0 Å². The van der Waals surface area contributed by atoms with Gasteiger partial charge in [0.2, 0.25) is 0 Å². The van der Waals surface area contributed by atoms with Crippen LogP contribution < -0.4 is 11.3 Å². The monoisotopic (exact) mass is 286 g/mol. The summed E-state index contributed by atoms with van der Waals surface area (Å²) in [5.41, 5.74) is 5.88. The van der Waals surface area contributed by atoms with Crippen LogP contribution in [0.15, 0.2) is 35.1 Å². The fraction of sp³-hybridized carbons (Fsp3) is 0.308. The zero-order valence-corrected chi connectivity index (χ0v) is 10.5. The van der Waals surface area contributed by atoms with E-state index in [1.807, 2.05) is 0 Å². The minimum atomic E-state index is -4.43. The number of halogens is 3. The lowest BCUT2D eigenvalue weighted by molar-refractivity contribution is -0.181. The fourth-order valence-corrected chi connectivity index (χ4v) is 1.91. The highest BCUT2D eigenvalue weighted by Crippen LogP contribution is 2.16. The van der Waals surface area contributed by atoms with Crippen molar-refractivity contribution in [1.82, 2.24) is 4.57 Å². The molecule has 4 nitrogen and oxygen atoms in total. The van der Waals surface area contributed by atoms with E-state index in [-0.39, 0.29) is 6.54 Å². The number of alkyl halides is 3. The van der Waals surface area contributed by atoms with Crippen molar-refractivity contribution in [2.24, 2.45) is 5.73 Å². The van der Waals surface area contributed by atoms with Crippen LogP contribution in [0, 0.1) is 0 Å². The molecule has 2 N–H and O–H groups in total. The lowest BCUT2D eigenvalue weighted by atomic mass is 10.1. The van der Waals surface area contributed by atoms with E-state index in [9.17, 15) is 18.0 Å². The first-order valence-electron chi connectivity index (χ1n) is 5.88. The van der Waals surface area contributed by atoms with Gasteiger partial charge in [-0.3, -0.25) is 9.36 Å². The molecule has 1 heterocycles. The molecule has 0 radical (unpaired) electrons. The quantitative estimate of drug-likeness (QED) is 0.935. The Bertz CT molecular complexity index is 665. The molecule has 0 saturated carbocycles. The molecule has 0 fully saturated rings. The van der Waals surface area contributed by atoms with E-state index in [1.54, 1.807) is 30.3 Å². The van der Waals surface area contributed by atoms with Gasteiger partial charge < -0.3 is 10.5 Å². The van der Waals surface area contributed by atoms with Crippen molar-refractivity contribution in [1.29, 1.82) is 0 Å². The van der Waals surface area contributed by atoms with Gasteiger partial charge in [-0.1, -0.05) is 18.2 Å². The summed E-state index contributed by atoms with van der Waals surface area (Å²) in [6.07, 6.45) is -4.43. The highest BCUT2D eigenvalue weighted by molar-refractivity contribution is 5.79. The number of ether oxygens (including phenoxy) is 1. The third-order valence-electron chi connectivity index (χ3n) is 2.78. The van der Waals surface area contributed by atoms with E-state index in [0.29, 0.717) is 11.1 Å². The first kappa shape index (κ1) is 14.5. The van der Waals surface area contributed by atoms with Crippen molar-refractivity contribution >= 4 is 10.9 Å². The molecular formula is C13H13F3N2O2. The Labute approximate surface area is 112 Å². The molecule has 0 aliphatic rings. The van der Waals surface area contributed by atoms with Crippen molar-refractivity contribution < 1.29 is 17.9 Å². The minimum absolute atomic E-state index is 0.0168. The summed E-state index contributed by atoms with van der Waals surface area (Å²) in [5.74, 6) is 0. The Balaban J connectivity index is 2.39. The lowest BCUT2D eigenvalue weighted by Gasteiger charge is -2.13. The van der Waals surface area contributed by atoms with Crippen LogP contribution in [0.5, 0.6) is 0 Å². The van der Waals surface area contributed by atoms with Crippen LogP contribution in [0.3, 0.4) is 0 Å². The Kier molecular flexibility index (Phi) is 4.10. The van der Waals surface area contributed by atoms with Crippen LogP contribution >= 0.6 is 0 Å². The molecule has 0 amide bonds. The van der Waals surface area contributed by atoms with Crippen LogP contribution in [0.4, 0.5) is 13.2 Å². The van der Waals surface area contributed by atoms with Crippen molar-refractivity contribution in [3.05, 3.63) is 46.2 Å². The van der Waals surface area contributed by atoms with Crippen molar-refractivity contribution in [2.45, 2.75) is 19.5 Å². The van der Waals surface area contributed by atoms with E-state index >= 15 is 0 Å². The molecule has 2 rings (SSSR count). The predicted molar refractivity (Wildman–Crippen MR) is 68.1 cm³/mol. The maximum Gasteiger partial charge on any atom is 0.411 e. The standard InChI is InChI=1S/C13H13F3N2O2/c14-13(15,16)7-20-8-18-11-4-2-1-3-9(11)5-10(6-17)12(18)19/h1-5H,6-8,17H2. The van der Waals surface area contributed by atoms with Crippen molar-refractivity contribution in [2.75, 3.05) is 6.61 Å². The van der Waals surface area contributed by atoms with Crippen LogP contribution in [-0.2, 0) is 18.0 Å². The summed E-state index contributed by atoms with van der Waals surface area (Å²) < 4.78 is 42.0. The van der Waals surface area contributed by atoms with Crippen LogP contribution in [0.25, 0.3) is 10.9 Å². The van der Waals surface area contributed by atoms with Gasteiger partial charge in [0, 0.05) is 12.1 Å². The largest absolute Gasteiger partial charge is 0.411 e. The average molecular weight is 286 g/mol. The molecule has 7 heteroatoms. The van der Waals surface area contributed by atoms with E-state index in [4.69, 9.17) is 5.73 Å². The number of rotatable bonds is 4. The highest BCUT2D eigenvalue weighted by Gasteiger charge is 2.27. The molecule has 1 aromatic carbocycles. The van der Waals surface area contributed by atoms with E-state index < -0.39 is 25.1 Å². The first-order valence-corrected chi connectivity index (χ1v) is 5.88. The molecular weight excluding hydrogens is 273 g/mol. The summed E-state index contributed by atoms with van der Waals surface area (Å²) in [6.45, 7) is -1.85. The first-order chi connectivity index (χ1) is 9.42. The van der Waals surface area contributed by atoms with Gasteiger partial charge in [-0.2, -0.15) is 13.2 Å². The number of nitrogens with two attached hydrogens (primary N) is 1. The third kappa shape index (κ3) is 3.17. The van der Waals surface area contributed by atoms with Gasteiger partial charge in [-0.15, -0.1) is 0 Å². The highest BCUT2D eigenvalue weighted by atomic mass is 19.4. The van der Waals surface area contributed by atoms with Gasteiger partial charge in [0.25, 0.3) is 5.56 Å². The number of hydrogen-bond acceptors (Lipinski definition) is 3. The Morgan fingerprint density at radius 2 is 1.95 bits per heavy atom. The fourth-order valence-electron chi connectivity index (χ4n) is 1.91.